The SMILES string of the molecule is CN(C)C(=O)c1ccc([N+](=O)[O-])c(N2CC2)c1[N+](=O)[O-]. The third-order valence-corrected chi connectivity index (χ3v) is 2.91. The molecule has 1 aliphatic rings. The number of amides is 1. The molecule has 0 saturated carbocycles. The Balaban J connectivity index is 2.72. The van der Waals surface area contributed by atoms with E-state index in [1.165, 1.54) is 23.9 Å². The molecule has 0 aliphatic carbocycles. The van der Waals surface area contributed by atoms with Crippen LogP contribution in [0.4, 0.5) is 17.1 Å². The summed E-state index contributed by atoms with van der Waals surface area (Å²) in [7, 11) is 2.93. The smallest absolute Gasteiger partial charge is 0.312 e. The summed E-state index contributed by atoms with van der Waals surface area (Å²) in [5.41, 5.74) is -1.10. The van der Waals surface area contributed by atoms with Crippen LogP contribution in [0.1, 0.15) is 10.4 Å². The van der Waals surface area contributed by atoms with Gasteiger partial charge in [0.15, 0.2) is 5.69 Å². The van der Waals surface area contributed by atoms with Crippen molar-refractivity contribution in [2.24, 2.45) is 0 Å². The van der Waals surface area contributed by atoms with E-state index >= 15 is 0 Å². The van der Waals surface area contributed by atoms with E-state index in [9.17, 15) is 25.0 Å². The molecule has 0 N–H and O–H groups in total. The van der Waals surface area contributed by atoms with Gasteiger partial charge in [-0.3, -0.25) is 25.0 Å². The first kappa shape index (κ1) is 13.7. The molecule has 0 radical (unpaired) electrons. The van der Waals surface area contributed by atoms with E-state index in [-0.39, 0.29) is 16.9 Å². The number of hydrogen-bond acceptors (Lipinski definition) is 6. The van der Waals surface area contributed by atoms with Gasteiger partial charge in [-0.2, -0.15) is 0 Å². The number of nitro benzene ring substituents is 2. The molecular formula is C11H12N4O5. The number of anilines is 1. The normalized spacial score (nSPS) is 13.0. The molecule has 0 aromatic heterocycles. The van der Waals surface area contributed by atoms with Crippen molar-refractivity contribution in [2.45, 2.75) is 0 Å². The second kappa shape index (κ2) is 4.76. The van der Waals surface area contributed by atoms with Gasteiger partial charge in [0.1, 0.15) is 5.56 Å². The molecule has 0 bridgehead atoms. The topological polar surface area (TPSA) is 110 Å². The van der Waals surface area contributed by atoms with Crippen LogP contribution in [0.2, 0.25) is 0 Å². The second-order valence-corrected chi connectivity index (χ2v) is 4.53. The molecule has 1 amide bonds. The maximum atomic E-state index is 12.0. The second-order valence-electron chi connectivity index (χ2n) is 4.53. The molecule has 0 spiro atoms. The molecule has 20 heavy (non-hydrogen) atoms. The van der Waals surface area contributed by atoms with Crippen LogP contribution in [0, 0.1) is 20.2 Å². The van der Waals surface area contributed by atoms with Crippen molar-refractivity contribution in [1.29, 1.82) is 0 Å². The average molecular weight is 280 g/mol. The van der Waals surface area contributed by atoms with Crippen molar-refractivity contribution in [3.05, 3.63) is 37.9 Å². The molecule has 9 heteroatoms. The number of benzene rings is 1. The number of nitro groups is 2. The van der Waals surface area contributed by atoms with Gasteiger partial charge < -0.3 is 9.80 Å². The lowest BCUT2D eigenvalue weighted by atomic mass is 10.1. The van der Waals surface area contributed by atoms with Crippen LogP contribution in [-0.2, 0) is 0 Å². The van der Waals surface area contributed by atoms with Crippen molar-refractivity contribution in [3.8, 4) is 0 Å². The summed E-state index contributed by atoms with van der Waals surface area (Å²) >= 11 is 0. The van der Waals surface area contributed by atoms with Gasteiger partial charge in [-0.15, -0.1) is 0 Å². The molecule has 1 saturated heterocycles. The van der Waals surface area contributed by atoms with Crippen molar-refractivity contribution >= 4 is 23.0 Å². The van der Waals surface area contributed by atoms with Crippen LogP contribution < -0.4 is 4.90 Å². The van der Waals surface area contributed by atoms with Crippen molar-refractivity contribution in [3.63, 3.8) is 0 Å². The van der Waals surface area contributed by atoms with Gasteiger partial charge >= 0.3 is 5.69 Å². The highest BCUT2D eigenvalue weighted by Crippen LogP contribution is 2.42. The van der Waals surface area contributed by atoms with Crippen LogP contribution >= 0.6 is 0 Å². The monoisotopic (exact) mass is 280 g/mol. The number of carbonyl (C=O) groups excluding carboxylic acids is 1. The molecule has 9 nitrogen and oxygen atoms in total. The summed E-state index contributed by atoms with van der Waals surface area (Å²) in [5, 5.41) is 22.3. The molecule has 1 aromatic carbocycles. The first-order valence-corrected chi connectivity index (χ1v) is 5.77. The summed E-state index contributed by atoms with van der Waals surface area (Å²) in [6, 6.07) is 2.27. The lowest BCUT2D eigenvalue weighted by Crippen LogP contribution is -2.23. The summed E-state index contributed by atoms with van der Waals surface area (Å²) < 4.78 is 0. The fraction of sp³-hybridized carbons (Fsp3) is 0.364. The van der Waals surface area contributed by atoms with Gasteiger partial charge in [0.25, 0.3) is 11.6 Å². The fourth-order valence-corrected chi connectivity index (χ4v) is 1.90. The van der Waals surface area contributed by atoms with Crippen molar-refractivity contribution < 1.29 is 14.6 Å². The lowest BCUT2D eigenvalue weighted by molar-refractivity contribution is -0.392. The summed E-state index contributed by atoms with van der Waals surface area (Å²) in [6.07, 6.45) is 0. The molecule has 1 aliphatic heterocycles. The summed E-state index contributed by atoms with van der Waals surface area (Å²) in [5.74, 6) is -0.560. The maximum Gasteiger partial charge on any atom is 0.312 e. The minimum absolute atomic E-state index is 0.0901. The van der Waals surface area contributed by atoms with Gasteiger partial charge in [-0.05, 0) is 6.07 Å². The molecule has 1 heterocycles. The number of carbonyl (C=O) groups is 1. The van der Waals surface area contributed by atoms with E-state index in [1.54, 1.807) is 0 Å². The highest BCUT2D eigenvalue weighted by molar-refractivity contribution is 6.02. The predicted octanol–water partition coefficient (Wildman–Crippen LogP) is 1.02. The Hall–Kier alpha value is -2.71. The Labute approximate surface area is 113 Å². The highest BCUT2D eigenvalue weighted by Gasteiger charge is 2.39. The zero-order valence-corrected chi connectivity index (χ0v) is 10.9. The zero-order valence-electron chi connectivity index (χ0n) is 10.9. The molecule has 106 valence electrons. The van der Waals surface area contributed by atoms with Crippen LogP contribution in [0.25, 0.3) is 0 Å². The van der Waals surface area contributed by atoms with Gasteiger partial charge in [0.05, 0.1) is 9.85 Å². The van der Waals surface area contributed by atoms with Crippen LogP contribution in [0.3, 0.4) is 0 Å². The summed E-state index contributed by atoms with van der Waals surface area (Å²) in [6.45, 7) is 1.00. The number of hydrogen-bond donors (Lipinski definition) is 0. The van der Waals surface area contributed by atoms with Gasteiger partial charge in [0, 0.05) is 33.3 Å². The Kier molecular flexibility index (Phi) is 3.26. The van der Waals surface area contributed by atoms with Crippen LogP contribution in [-0.4, -0.2) is 47.8 Å². The minimum atomic E-state index is -0.739. The number of nitrogens with zero attached hydrogens (tertiary/aromatic N) is 4. The van der Waals surface area contributed by atoms with Crippen molar-refractivity contribution in [2.75, 3.05) is 32.1 Å². The van der Waals surface area contributed by atoms with Gasteiger partial charge in [-0.25, -0.2) is 0 Å². The Morgan fingerprint density at radius 1 is 1.20 bits per heavy atom. The zero-order chi connectivity index (χ0) is 15.0. The predicted molar refractivity (Wildman–Crippen MR) is 70.0 cm³/mol. The largest absolute Gasteiger partial charge is 0.357 e. The highest BCUT2D eigenvalue weighted by atomic mass is 16.6. The fourth-order valence-electron chi connectivity index (χ4n) is 1.90. The Morgan fingerprint density at radius 3 is 2.20 bits per heavy atom. The van der Waals surface area contributed by atoms with Crippen molar-refractivity contribution in [1.82, 2.24) is 4.90 Å². The van der Waals surface area contributed by atoms with Crippen LogP contribution in [0.5, 0.6) is 0 Å². The molecule has 0 atom stereocenters. The first-order chi connectivity index (χ1) is 9.34. The molecule has 1 fully saturated rings. The first-order valence-electron chi connectivity index (χ1n) is 5.77. The maximum absolute atomic E-state index is 12.0. The molecule has 0 unspecified atom stereocenters. The lowest BCUT2D eigenvalue weighted by Gasteiger charge is -2.13. The van der Waals surface area contributed by atoms with Gasteiger partial charge in [0.2, 0.25) is 0 Å². The van der Waals surface area contributed by atoms with E-state index in [4.69, 9.17) is 0 Å². The minimum Gasteiger partial charge on any atom is -0.357 e. The Bertz CT molecular complexity index is 609. The third kappa shape index (κ3) is 2.25. The van der Waals surface area contributed by atoms with Gasteiger partial charge in [-0.1, -0.05) is 0 Å². The third-order valence-electron chi connectivity index (χ3n) is 2.91. The van der Waals surface area contributed by atoms with E-state index in [0.29, 0.717) is 13.1 Å². The molecule has 1 aromatic rings. The molecular weight excluding hydrogens is 268 g/mol. The summed E-state index contributed by atoms with van der Waals surface area (Å²) in [4.78, 5) is 35.5. The van der Waals surface area contributed by atoms with E-state index in [2.05, 4.69) is 0 Å². The number of rotatable bonds is 4. The van der Waals surface area contributed by atoms with Crippen LogP contribution in [0.15, 0.2) is 12.1 Å². The molecule has 2 rings (SSSR count). The van der Waals surface area contributed by atoms with E-state index in [1.807, 2.05) is 0 Å². The standard InChI is InChI=1S/C11H12N4O5/c1-12(2)11(16)7-3-4-8(14(17)18)10(13-5-6-13)9(7)15(19)20/h3-4H,5-6H2,1-2H3. The quantitative estimate of drug-likeness (QED) is 0.462. The van der Waals surface area contributed by atoms with E-state index < -0.39 is 21.4 Å². The Morgan fingerprint density at radius 2 is 1.80 bits per heavy atom. The average Bonchev–Trinajstić information content (AvgIpc) is 3.19. The van der Waals surface area contributed by atoms with E-state index in [0.717, 1.165) is 12.1 Å².